The number of fused-ring (bicyclic) bond motifs is 2. The summed E-state index contributed by atoms with van der Waals surface area (Å²) < 4.78 is 13.5. The Morgan fingerprint density at radius 1 is 1.13 bits per heavy atom. The molecular weight excluding hydrogens is 387 g/mol. The number of carboxylic acid groups (broad SMARTS) is 1. The van der Waals surface area contributed by atoms with Crippen molar-refractivity contribution in [3.8, 4) is 0 Å². The van der Waals surface area contributed by atoms with Gasteiger partial charge in [-0.2, -0.15) is 0 Å². The number of carbonyl (C=O) groups is 3. The van der Waals surface area contributed by atoms with Gasteiger partial charge in [0.1, 0.15) is 11.4 Å². The molecule has 4 N–H and O–H groups in total. The number of nitrogens with one attached hydrogen (secondary N) is 1. The van der Waals surface area contributed by atoms with Gasteiger partial charge in [0, 0.05) is 29.6 Å². The molecule has 4 atom stereocenters. The number of hydrogen-bond donors (Lipinski definition) is 3. The third-order valence-electron chi connectivity index (χ3n) is 6.38. The number of Topliss-reactive ketones (excluding diaryl/α,β-unsaturated/α-hetero) is 2. The van der Waals surface area contributed by atoms with Crippen molar-refractivity contribution in [3.63, 3.8) is 0 Å². The first-order valence-electron chi connectivity index (χ1n) is 10.0. The highest BCUT2D eigenvalue weighted by molar-refractivity contribution is 6.44. The maximum atomic E-state index is 13.5. The van der Waals surface area contributed by atoms with Gasteiger partial charge in [-0.15, -0.1) is 0 Å². The Bertz CT molecular complexity index is 1020. The molecule has 0 aromatic heterocycles. The lowest BCUT2D eigenvalue weighted by molar-refractivity contribution is -0.146. The van der Waals surface area contributed by atoms with Gasteiger partial charge in [0.05, 0.1) is 0 Å². The van der Waals surface area contributed by atoms with E-state index in [1.54, 1.807) is 0 Å². The Labute approximate surface area is 173 Å². The molecule has 4 rings (SSSR count). The Morgan fingerprint density at radius 2 is 1.90 bits per heavy atom. The van der Waals surface area contributed by atoms with Crippen LogP contribution in [0.15, 0.2) is 48.5 Å². The number of carboxylic acids is 1. The average molecular weight is 410 g/mol. The summed E-state index contributed by atoms with van der Waals surface area (Å²) in [6.45, 7) is 0. The molecule has 1 heterocycles. The number of anilines is 1. The fourth-order valence-electron chi connectivity index (χ4n) is 5.01. The van der Waals surface area contributed by atoms with Gasteiger partial charge in [0.15, 0.2) is 0 Å². The molecule has 0 spiro atoms. The highest BCUT2D eigenvalue weighted by Crippen LogP contribution is 2.50. The molecule has 0 bridgehead atoms. The lowest BCUT2D eigenvalue weighted by Crippen LogP contribution is -2.59. The quantitative estimate of drug-likeness (QED) is 0.499. The SMILES string of the molecule is NC(CC(=O)C(=O)c1cccc(F)c1)(C(=O)O)C1c2ccccc2N[C@@H]2CCC[C@H]12. The van der Waals surface area contributed by atoms with E-state index in [9.17, 15) is 23.9 Å². The van der Waals surface area contributed by atoms with Gasteiger partial charge in [-0.3, -0.25) is 14.4 Å². The van der Waals surface area contributed by atoms with Crippen molar-refractivity contribution in [2.75, 3.05) is 5.32 Å². The van der Waals surface area contributed by atoms with Gasteiger partial charge in [0.2, 0.25) is 11.6 Å². The summed E-state index contributed by atoms with van der Waals surface area (Å²) in [6.07, 6.45) is 1.95. The van der Waals surface area contributed by atoms with Crippen LogP contribution in [0.3, 0.4) is 0 Å². The van der Waals surface area contributed by atoms with Crippen molar-refractivity contribution in [2.45, 2.75) is 43.2 Å². The molecular formula is C23H23FN2O4. The normalized spacial score (nSPS) is 24.1. The van der Waals surface area contributed by atoms with Crippen LogP contribution in [0.5, 0.6) is 0 Å². The molecule has 156 valence electrons. The van der Waals surface area contributed by atoms with Crippen molar-refractivity contribution < 1.29 is 23.9 Å². The van der Waals surface area contributed by atoms with Crippen LogP contribution < -0.4 is 11.1 Å². The molecule has 30 heavy (non-hydrogen) atoms. The molecule has 1 aliphatic heterocycles. The van der Waals surface area contributed by atoms with Gasteiger partial charge in [-0.25, -0.2) is 4.39 Å². The van der Waals surface area contributed by atoms with E-state index in [1.165, 1.54) is 12.1 Å². The molecule has 2 aliphatic rings. The number of aliphatic carboxylic acids is 1. The average Bonchev–Trinajstić information content (AvgIpc) is 3.18. The summed E-state index contributed by atoms with van der Waals surface area (Å²) in [5, 5.41) is 13.6. The van der Waals surface area contributed by atoms with Crippen LogP contribution in [0.25, 0.3) is 0 Å². The van der Waals surface area contributed by atoms with E-state index in [0.717, 1.165) is 42.6 Å². The molecule has 0 radical (unpaired) electrons. The van der Waals surface area contributed by atoms with Crippen molar-refractivity contribution in [3.05, 3.63) is 65.5 Å². The maximum Gasteiger partial charge on any atom is 0.324 e. The summed E-state index contributed by atoms with van der Waals surface area (Å²) in [6, 6.07) is 12.2. The monoisotopic (exact) mass is 410 g/mol. The zero-order valence-electron chi connectivity index (χ0n) is 16.3. The molecule has 2 aromatic rings. The van der Waals surface area contributed by atoms with Crippen LogP contribution >= 0.6 is 0 Å². The topological polar surface area (TPSA) is 109 Å². The third-order valence-corrected chi connectivity index (χ3v) is 6.38. The van der Waals surface area contributed by atoms with Crippen LogP contribution in [0.4, 0.5) is 10.1 Å². The predicted molar refractivity (Wildman–Crippen MR) is 109 cm³/mol. The molecule has 7 heteroatoms. The highest BCUT2D eigenvalue weighted by atomic mass is 19.1. The molecule has 6 nitrogen and oxygen atoms in total. The van der Waals surface area contributed by atoms with Gasteiger partial charge in [-0.05, 0) is 42.5 Å². The minimum atomic E-state index is -1.95. The van der Waals surface area contributed by atoms with Gasteiger partial charge in [0.25, 0.3) is 0 Å². The van der Waals surface area contributed by atoms with E-state index in [-0.39, 0.29) is 17.5 Å². The number of carbonyl (C=O) groups excluding carboxylic acids is 2. The largest absolute Gasteiger partial charge is 0.480 e. The Balaban J connectivity index is 1.71. The van der Waals surface area contributed by atoms with Crippen LogP contribution in [-0.2, 0) is 9.59 Å². The summed E-state index contributed by atoms with van der Waals surface area (Å²) in [7, 11) is 0. The summed E-state index contributed by atoms with van der Waals surface area (Å²) in [5.74, 6) is -4.52. The van der Waals surface area contributed by atoms with Gasteiger partial charge >= 0.3 is 5.97 Å². The first-order chi connectivity index (χ1) is 14.3. The lowest BCUT2D eigenvalue weighted by atomic mass is 9.66. The minimum absolute atomic E-state index is 0.0573. The molecule has 0 saturated heterocycles. The molecule has 1 aliphatic carbocycles. The van der Waals surface area contributed by atoms with Crippen molar-refractivity contribution in [1.29, 1.82) is 0 Å². The zero-order chi connectivity index (χ0) is 21.5. The highest BCUT2D eigenvalue weighted by Gasteiger charge is 2.53. The van der Waals surface area contributed by atoms with Crippen LogP contribution in [-0.4, -0.2) is 34.2 Å². The van der Waals surface area contributed by atoms with E-state index in [2.05, 4.69) is 5.32 Å². The van der Waals surface area contributed by atoms with E-state index < -0.39 is 41.2 Å². The zero-order valence-corrected chi connectivity index (χ0v) is 16.3. The minimum Gasteiger partial charge on any atom is -0.480 e. The number of benzene rings is 2. The Kier molecular flexibility index (Phi) is 5.15. The number of para-hydroxylation sites is 1. The van der Waals surface area contributed by atoms with E-state index in [4.69, 9.17) is 5.73 Å². The van der Waals surface area contributed by atoms with E-state index >= 15 is 0 Å². The molecule has 1 fully saturated rings. The van der Waals surface area contributed by atoms with Gasteiger partial charge < -0.3 is 16.2 Å². The first-order valence-corrected chi connectivity index (χ1v) is 10.0. The first kappa shape index (κ1) is 20.2. The van der Waals surface area contributed by atoms with E-state index in [1.807, 2.05) is 24.3 Å². The third kappa shape index (κ3) is 3.39. The smallest absolute Gasteiger partial charge is 0.324 e. The number of hydrogen-bond acceptors (Lipinski definition) is 5. The maximum absolute atomic E-state index is 13.5. The predicted octanol–water partition coefficient (Wildman–Crippen LogP) is 3.13. The fourth-order valence-corrected chi connectivity index (χ4v) is 5.01. The molecule has 0 amide bonds. The Morgan fingerprint density at radius 3 is 2.63 bits per heavy atom. The summed E-state index contributed by atoms with van der Waals surface area (Å²) in [4.78, 5) is 37.8. The Hall–Kier alpha value is -3.06. The lowest BCUT2D eigenvalue weighted by Gasteiger charge is -2.44. The van der Waals surface area contributed by atoms with Crippen molar-refractivity contribution in [1.82, 2.24) is 0 Å². The molecule has 2 unspecified atom stereocenters. The number of nitrogens with two attached hydrogens (primary N) is 1. The number of halogens is 1. The number of ketones is 2. The summed E-state index contributed by atoms with van der Waals surface area (Å²) >= 11 is 0. The molecule has 2 aromatic carbocycles. The van der Waals surface area contributed by atoms with Crippen LogP contribution in [0.2, 0.25) is 0 Å². The van der Waals surface area contributed by atoms with Crippen LogP contribution in [0.1, 0.15) is 47.5 Å². The van der Waals surface area contributed by atoms with Crippen molar-refractivity contribution >= 4 is 23.2 Å². The second kappa shape index (κ2) is 7.65. The summed E-state index contributed by atoms with van der Waals surface area (Å²) in [5.41, 5.74) is 5.95. The van der Waals surface area contributed by atoms with E-state index in [0.29, 0.717) is 0 Å². The van der Waals surface area contributed by atoms with Crippen molar-refractivity contribution in [2.24, 2.45) is 11.7 Å². The molecule has 1 saturated carbocycles. The second-order valence-electron chi connectivity index (χ2n) is 8.20. The standard InChI is InChI=1S/C23H23FN2O4/c24-14-6-3-5-13(11-14)21(28)19(27)12-23(25,22(29)30)20-15-7-1-2-9-17(15)26-18-10-4-8-16(18)20/h1-3,5-7,9,11,16,18,20,26H,4,8,10,12,25H2,(H,29,30)/t16-,18+,20?,23?/m0/s1. The number of rotatable bonds is 6. The van der Waals surface area contributed by atoms with Gasteiger partial charge in [-0.1, -0.05) is 36.8 Å². The van der Waals surface area contributed by atoms with Crippen LogP contribution in [0, 0.1) is 11.7 Å². The second-order valence-corrected chi connectivity index (χ2v) is 8.20. The fraction of sp³-hybridized carbons (Fsp3) is 0.348.